The van der Waals surface area contributed by atoms with Crippen molar-refractivity contribution in [2.24, 2.45) is 0 Å². The zero-order valence-corrected chi connectivity index (χ0v) is 13.9. The molecular weight excluding hydrogens is 316 g/mol. The van der Waals surface area contributed by atoms with Crippen molar-refractivity contribution in [2.75, 3.05) is 14.2 Å². The van der Waals surface area contributed by atoms with Gasteiger partial charge >= 0.3 is 0 Å². The van der Waals surface area contributed by atoms with E-state index in [1.165, 1.54) is 0 Å². The van der Waals surface area contributed by atoms with Crippen molar-refractivity contribution in [3.05, 3.63) is 55.0 Å². The fraction of sp³-hybridized carbons (Fsp3) is 0.105. The molecule has 0 spiro atoms. The van der Waals surface area contributed by atoms with Crippen LogP contribution in [0.25, 0.3) is 33.4 Å². The number of fused-ring (bicyclic) bond motifs is 1. The molecule has 0 radical (unpaired) electrons. The molecule has 1 N–H and O–H groups in total. The second-order valence-corrected chi connectivity index (χ2v) is 5.47. The molecule has 0 atom stereocenters. The zero-order chi connectivity index (χ0) is 17.2. The summed E-state index contributed by atoms with van der Waals surface area (Å²) in [6, 6.07) is 11.7. The average molecular weight is 332 g/mol. The molecule has 4 aromatic rings. The minimum Gasteiger partial charge on any atom is -0.481 e. The van der Waals surface area contributed by atoms with Gasteiger partial charge in [-0.2, -0.15) is 0 Å². The monoisotopic (exact) mass is 332 g/mol. The van der Waals surface area contributed by atoms with Crippen LogP contribution in [0.3, 0.4) is 0 Å². The molecule has 0 aromatic carbocycles. The lowest BCUT2D eigenvalue weighted by atomic mass is 10.0. The summed E-state index contributed by atoms with van der Waals surface area (Å²) in [5.74, 6) is 1.16. The highest BCUT2D eigenvalue weighted by molar-refractivity contribution is 5.95. The fourth-order valence-electron chi connectivity index (χ4n) is 2.74. The Labute approximate surface area is 144 Å². The van der Waals surface area contributed by atoms with Crippen LogP contribution in [0.5, 0.6) is 11.8 Å². The van der Waals surface area contributed by atoms with Gasteiger partial charge in [0, 0.05) is 47.2 Å². The Morgan fingerprint density at radius 2 is 1.52 bits per heavy atom. The van der Waals surface area contributed by atoms with E-state index in [1.54, 1.807) is 26.6 Å². The van der Waals surface area contributed by atoms with Crippen LogP contribution in [0, 0.1) is 0 Å². The van der Waals surface area contributed by atoms with E-state index in [0.29, 0.717) is 11.8 Å². The van der Waals surface area contributed by atoms with E-state index in [0.717, 1.165) is 33.4 Å². The molecule has 0 aliphatic carbocycles. The molecule has 6 nitrogen and oxygen atoms in total. The van der Waals surface area contributed by atoms with Crippen LogP contribution < -0.4 is 9.47 Å². The number of nitrogens with zero attached hydrogens (tertiary/aromatic N) is 3. The van der Waals surface area contributed by atoms with Gasteiger partial charge in [-0.1, -0.05) is 0 Å². The Kier molecular flexibility index (Phi) is 3.78. The van der Waals surface area contributed by atoms with Crippen LogP contribution in [0.15, 0.2) is 55.0 Å². The summed E-state index contributed by atoms with van der Waals surface area (Å²) in [7, 11) is 3.20. The largest absolute Gasteiger partial charge is 0.481 e. The maximum Gasteiger partial charge on any atom is 0.212 e. The molecular formula is C19H16N4O2. The van der Waals surface area contributed by atoms with Gasteiger partial charge in [-0.3, -0.25) is 0 Å². The molecule has 4 aromatic heterocycles. The fourth-order valence-corrected chi connectivity index (χ4v) is 2.74. The lowest BCUT2D eigenvalue weighted by Gasteiger charge is -2.08. The second kappa shape index (κ2) is 6.24. The number of hydrogen-bond donors (Lipinski definition) is 1. The minimum atomic E-state index is 0.573. The predicted molar refractivity (Wildman–Crippen MR) is 95.7 cm³/mol. The maximum absolute atomic E-state index is 5.14. The number of pyridine rings is 3. The van der Waals surface area contributed by atoms with Crippen molar-refractivity contribution in [2.45, 2.75) is 0 Å². The number of H-pyrrole nitrogens is 1. The van der Waals surface area contributed by atoms with Gasteiger partial charge < -0.3 is 14.5 Å². The summed E-state index contributed by atoms with van der Waals surface area (Å²) in [4.78, 5) is 16.5. The lowest BCUT2D eigenvalue weighted by molar-refractivity contribution is 0.398. The Hall–Kier alpha value is -3.41. The molecule has 124 valence electrons. The molecule has 0 bridgehead atoms. The SMILES string of the molecule is COc1ccc(-c2cc(-c3ccc(OC)nc3)c3cc[nH]c3n2)cn1. The first kappa shape index (κ1) is 15.1. The number of rotatable bonds is 4. The van der Waals surface area contributed by atoms with Gasteiger partial charge in [0.1, 0.15) is 5.65 Å². The normalized spacial score (nSPS) is 10.8. The summed E-state index contributed by atoms with van der Waals surface area (Å²) in [5, 5.41) is 1.04. The van der Waals surface area contributed by atoms with Crippen molar-refractivity contribution in [3.63, 3.8) is 0 Å². The topological polar surface area (TPSA) is 72.9 Å². The molecule has 0 saturated carbocycles. The molecule has 0 saturated heterocycles. The third-order valence-electron chi connectivity index (χ3n) is 4.03. The molecule has 0 aliphatic rings. The second-order valence-electron chi connectivity index (χ2n) is 5.47. The number of nitrogens with one attached hydrogen (secondary N) is 1. The van der Waals surface area contributed by atoms with Crippen molar-refractivity contribution in [3.8, 4) is 34.1 Å². The van der Waals surface area contributed by atoms with E-state index in [-0.39, 0.29) is 0 Å². The molecule has 0 aliphatic heterocycles. The molecule has 0 unspecified atom stereocenters. The number of ether oxygens (including phenoxy) is 2. The number of methoxy groups -OCH3 is 2. The van der Waals surface area contributed by atoms with Gasteiger partial charge in [0.05, 0.1) is 19.9 Å². The highest BCUT2D eigenvalue weighted by atomic mass is 16.5. The van der Waals surface area contributed by atoms with E-state index in [4.69, 9.17) is 14.5 Å². The number of hydrogen-bond acceptors (Lipinski definition) is 5. The van der Waals surface area contributed by atoms with E-state index >= 15 is 0 Å². The third-order valence-corrected chi connectivity index (χ3v) is 4.03. The number of aromatic amines is 1. The molecule has 4 rings (SSSR count). The van der Waals surface area contributed by atoms with E-state index < -0.39 is 0 Å². The van der Waals surface area contributed by atoms with E-state index in [9.17, 15) is 0 Å². The van der Waals surface area contributed by atoms with E-state index in [1.807, 2.05) is 42.6 Å². The summed E-state index contributed by atoms with van der Waals surface area (Å²) < 4.78 is 10.3. The molecule has 4 heterocycles. The summed E-state index contributed by atoms with van der Waals surface area (Å²) >= 11 is 0. The predicted octanol–water partition coefficient (Wildman–Crippen LogP) is 3.70. The van der Waals surface area contributed by atoms with Crippen molar-refractivity contribution in [1.29, 1.82) is 0 Å². The van der Waals surface area contributed by atoms with Gasteiger partial charge in [0.2, 0.25) is 11.8 Å². The first-order valence-corrected chi connectivity index (χ1v) is 7.77. The van der Waals surface area contributed by atoms with Gasteiger partial charge in [-0.15, -0.1) is 0 Å². The Bertz CT molecular complexity index is 1010. The first-order chi connectivity index (χ1) is 12.3. The van der Waals surface area contributed by atoms with Crippen LogP contribution in [-0.2, 0) is 0 Å². The van der Waals surface area contributed by atoms with Crippen molar-refractivity contribution < 1.29 is 9.47 Å². The van der Waals surface area contributed by atoms with Crippen LogP contribution in [0.2, 0.25) is 0 Å². The zero-order valence-electron chi connectivity index (χ0n) is 13.9. The van der Waals surface area contributed by atoms with E-state index in [2.05, 4.69) is 15.0 Å². The van der Waals surface area contributed by atoms with Crippen molar-refractivity contribution in [1.82, 2.24) is 19.9 Å². The average Bonchev–Trinajstić information content (AvgIpc) is 3.16. The highest BCUT2D eigenvalue weighted by Crippen LogP contribution is 2.32. The van der Waals surface area contributed by atoms with Crippen LogP contribution in [-0.4, -0.2) is 34.2 Å². The minimum absolute atomic E-state index is 0.573. The molecule has 6 heteroatoms. The van der Waals surface area contributed by atoms with Crippen LogP contribution in [0.4, 0.5) is 0 Å². The highest BCUT2D eigenvalue weighted by Gasteiger charge is 2.11. The van der Waals surface area contributed by atoms with Gasteiger partial charge in [-0.05, 0) is 29.8 Å². The van der Waals surface area contributed by atoms with Crippen LogP contribution >= 0.6 is 0 Å². The third kappa shape index (κ3) is 2.78. The summed E-state index contributed by atoms with van der Waals surface area (Å²) in [6.45, 7) is 0. The van der Waals surface area contributed by atoms with Crippen LogP contribution in [0.1, 0.15) is 0 Å². The summed E-state index contributed by atoms with van der Waals surface area (Å²) in [5.41, 5.74) is 4.61. The Balaban J connectivity index is 1.86. The van der Waals surface area contributed by atoms with Crippen molar-refractivity contribution >= 4 is 11.0 Å². The Morgan fingerprint density at radius 3 is 2.12 bits per heavy atom. The molecule has 0 amide bonds. The smallest absolute Gasteiger partial charge is 0.212 e. The molecule has 0 fully saturated rings. The van der Waals surface area contributed by atoms with Gasteiger partial charge in [-0.25, -0.2) is 15.0 Å². The maximum atomic E-state index is 5.14. The summed E-state index contributed by atoms with van der Waals surface area (Å²) in [6.07, 6.45) is 5.44. The van der Waals surface area contributed by atoms with Gasteiger partial charge in [0.25, 0.3) is 0 Å². The standard InChI is InChI=1S/C19H16N4O2/c1-24-17-5-3-12(10-21-17)15-9-16(23-19-14(15)7-8-20-19)13-4-6-18(25-2)22-11-13/h3-11H,1-2H3,(H,20,23). The molecule has 25 heavy (non-hydrogen) atoms. The quantitative estimate of drug-likeness (QED) is 0.617. The first-order valence-electron chi connectivity index (χ1n) is 7.77. The lowest BCUT2D eigenvalue weighted by Crippen LogP contribution is -1.92. The van der Waals surface area contributed by atoms with Gasteiger partial charge in [0.15, 0.2) is 0 Å². The Morgan fingerprint density at radius 1 is 0.840 bits per heavy atom. The number of aromatic nitrogens is 4.